The van der Waals surface area contributed by atoms with Gasteiger partial charge < -0.3 is 11.1 Å². The number of benzene rings is 2. The molecule has 6 heteroatoms. The zero-order valence-corrected chi connectivity index (χ0v) is 11.4. The number of anilines is 1. The number of carbonyl (C=O) groups excluding carboxylic acids is 1. The van der Waals surface area contributed by atoms with Gasteiger partial charge in [0.1, 0.15) is 0 Å². The summed E-state index contributed by atoms with van der Waals surface area (Å²) in [6.45, 7) is 0.988. The third-order valence-electron chi connectivity index (χ3n) is 3.17. The molecule has 3 N–H and O–H groups in total. The van der Waals surface area contributed by atoms with Crippen LogP contribution >= 0.6 is 0 Å². The van der Waals surface area contributed by atoms with Gasteiger partial charge in [0, 0.05) is 17.6 Å². The SMILES string of the molecule is NCCn1cc(C(=O)Nc2cccc3ccccc23)nn1. The number of fused-ring (bicyclic) bond motifs is 1. The van der Waals surface area contributed by atoms with Crippen molar-refractivity contribution in [3.63, 3.8) is 0 Å². The van der Waals surface area contributed by atoms with Gasteiger partial charge in [-0.3, -0.25) is 9.48 Å². The van der Waals surface area contributed by atoms with Gasteiger partial charge in [-0.25, -0.2) is 0 Å². The number of nitrogens with zero attached hydrogens (tertiary/aromatic N) is 3. The number of hydrogen-bond donors (Lipinski definition) is 2. The van der Waals surface area contributed by atoms with Gasteiger partial charge in [-0.2, -0.15) is 0 Å². The fourth-order valence-corrected chi connectivity index (χ4v) is 2.16. The highest BCUT2D eigenvalue weighted by molar-refractivity contribution is 6.08. The van der Waals surface area contributed by atoms with Gasteiger partial charge in [0.2, 0.25) is 0 Å². The molecule has 1 amide bonds. The predicted octanol–water partition coefficient (Wildman–Crippen LogP) is 1.64. The summed E-state index contributed by atoms with van der Waals surface area (Å²) >= 11 is 0. The molecule has 0 atom stereocenters. The number of nitrogens with two attached hydrogens (primary N) is 1. The summed E-state index contributed by atoms with van der Waals surface area (Å²) < 4.78 is 1.55. The smallest absolute Gasteiger partial charge is 0.277 e. The molecule has 6 nitrogen and oxygen atoms in total. The molecule has 0 fully saturated rings. The molecule has 0 bridgehead atoms. The lowest BCUT2D eigenvalue weighted by molar-refractivity contribution is 0.102. The first-order valence-corrected chi connectivity index (χ1v) is 6.67. The lowest BCUT2D eigenvalue weighted by Crippen LogP contribution is -2.13. The van der Waals surface area contributed by atoms with Gasteiger partial charge in [0.25, 0.3) is 5.91 Å². The number of hydrogen-bond acceptors (Lipinski definition) is 4. The van der Waals surface area contributed by atoms with E-state index in [1.54, 1.807) is 10.9 Å². The van der Waals surface area contributed by atoms with E-state index in [1.807, 2.05) is 42.5 Å². The average molecular weight is 281 g/mol. The highest BCUT2D eigenvalue weighted by Crippen LogP contribution is 2.23. The normalized spacial score (nSPS) is 10.7. The first kappa shape index (κ1) is 13.3. The molecular weight excluding hydrogens is 266 g/mol. The molecule has 3 aromatic rings. The third-order valence-corrected chi connectivity index (χ3v) is 3.17. The molecule has 1 heterocycles. The van der Waals surface area contributed by atoms with E-state index in [2.05, 4.69) is 15.6 Å². The van der Waals surface area contributed by atoms with Crippen molar-refractivity contribution in [2.45, 2.75) is 6.54 Å². The summed E-state index contributed by atoms with van der Waals surface area (Å²) in [7, 11) is 0. The van der Waals surface area contributed by atoms with Crippen molar-refractivity contribution in [2.24, 2.45) is 5.73 Å². The molecule has 0 aliphatic heterocycles. The molecule has 0 aliphatic carbocycles. The van der Waals surface area contributed by atoms with Gasteiger partial charge in [0.05, 0.1) is 12.7 Å². The molecule has 0 saturated carbocycles. The van der Waals surface area contributed by atoms with Crippen molar-refractivity contribution >= 4 is 22.4 Å². The van der Waals surface area contributed by atoms with E-state index in [-0.39, 0.29) is 11.6 Å². The fourth-order valence-electron chi connectivity index (χ4n) is 2.16. The minimum Gasteiger partial charge on any atom is -0.329 e. The molecular formula is C15H15N5O. The second kappa shape index (κ2) is 5.72. The number of rotatable bonds is 4. The van der Waals surface area contributed by atoms with E-state index in [0.29, 0.717) is 13.1 Å². The van der Waals surface area contributed by atoms with Crippen molar-refractivity contribution in [2.75, 3.05) is 11.9 Å². The van der Waals surface area contributed by atoms with E-state index in [9.17, 15) is 4.79 Å². The average Bonchev–Trinajstić information content (AvgIpc) is 2.97. The number of amides is 1. The van der Waals surface area contributed by atoms with Crippen molar-refractivity contribution in [1.82, 2.24) is 15.0 Å². The van der Waals surface area contributed by atoms with Gasteiger partial charge in [-0.1, -0.05) is 41.6 Å². The fraction of sp³-hybridized carbons (Fsp3) is 0.133. The third kappa shape index (κ3) is 2.75. The Morgan fingerprint density at radius 3 is 2.86 bits per heavy atom. The van der Waals surface area contributed by atoms with Crippen molar-refractivity contribution in [3.8, 4) is 0 Å². The zero-order valence-electron chi connectivity index (χ0n) is 11.4. The van der Waals surface area contributed by atoms with Gasteiger partial charge in [-0.05, 0) is 11.5 Å². The first-order valence-electron chi connectivity index (χ1n) is 6.67. The molecule has 0 radical (unpaired) electrons. The van der Waals surface area contributed by atoms with Gasteiger partial charge in [-0.15, -0.1) is 5.10 Å². The Balaban J connectivity index is 1.85. The Hall–Kier alpha value is -2.73. The summed E-state index contributed by atoms with van der Waals surface area (Å²) in [5, 5.41) is 12.6. The van der Waals surface area contributed by atoms with Crippen LogP contribution in [-0.2, 0) is 6.54 Å². The van der Waals surface area contributed by atoms with Crippen LogP contribution in [0.4, 0.5) is 5.69 Å². The molecule has 106 valence electrons. The molecule has 0 aliphatic rings. The molecule has 21 heavy (non-hydrogen) atoms. The number of aromatic nitrogens is 3. The summed E-state index contributed by atoms with van der Waals surface area (Å²) in [6, 6.07) is 13.6. The van der Waals surface area contributed by atoms with E-state index >= 15 is 0 Å². The zero-order chi connectivity index (χ0) is 14.7. The van der Waals surface area contributed by atoms with Crippen molar-refractivity contribution in [1.29, 1.82) is 0 Å². The second-order valence-corrected chi connectivity index (χ2v) is 4.64. The van der Waals surface area contributed by atoms with Crippen LogP contribution in [0.1, 0.15) is 10.5 Å². The van der Waals surface area contributed by atoms with Crippen LogP contribution in [-0.4, -0.2) is 27.4 Å². The Morgan fingerprint density at radius 1 is 1.19 bits per heavy atom. The monoisotopic (exact) mass is 281 g/mol. The Bertz CT molecular complexity index is 775. The van der Waals surface area contributed by atoms with E-state index in [1.165, 1.54) is 0 Å². The van der Waals surface area contributed by atoms with Crippen LogP contribution in [0.3, 0.4) is 0 Å². The largest absolute Gasteiger partial charge is 0.329 e. The van der Waals surface area contributed by atoms with Gasteiger partial charge in [0.15, 0.2) is 5.69 Å². The maximum absolute atomic E-state index is 12.2. The summed E-state index contributed by atoms with van der Waals surface area (Å²) in [5.41, 5.74) is 6.47. The highest BCUT2D eigenvalue weighted by Gasteiger charge is 2.12. The topological polar surface area (TPSA) is 85.8 Å². The van der Waals surface area contributed by atoms with Crippen LogP contribution in [0.2, 0.25) is 0 Å². The van der Waals surface area contributed by atoms with E-state index in [4.69, 9.17) is 5.73 Å². The Morgan fingerprint density at radius 2 is 2.00 bits per heavy atom. The molecule has 2 aromatic carbocycles. The predicted molar refractivity (Wildman–Crippen MR) is 81.0 cm³/mol. The Kier molecular flexibility index (Phi) is 3.61. The molecule has 1 aromatic heterocycles. The minimum atomic E-state index is -0.283. The van der Waals surface area contributed by atoms with E-state index in [0.717, 1.165) is 16.5 Å². The summed E-state index contributed by atoms with van der Waals surface area (Å²) in [5.74, 6) is -0.283. The Labute approximate surface area is 121 Å². The molecule has 3 rings (SSSR count). The maximum atomic E-state index is 12.2. The van der Waals surface area contributed by atoms with Crippen LogP contribution in [0.15, 0.2) is 48.7 Å². The minimum absolute atomic E-state index is 0.274. The van der Waals surface area contributed by atoms with Crippen molar-refractivity contribution in [3.05, 3.63) is 54.4 Å². The summed E-state index contributed by atoms with van der Waals surface area (Å²) in [4.78, 5) is 12.2. The number of nitrogens with one attached hydrogen (secondary N) is 1. The standard InChI is InChI=1S/C15H15N5O/c16-8-9-20-10-14(18-19-20)15(21)17-13-7-3-5-11-4-1-2-6-12(11)13/h1-7,10H,8-9,16H2,(H,17,21). The van der Waals surface area contributed by atoms with Crippen LogP contribution < -0.4 is 11.1 Å². The first-order chi connectivity index (χ1) is 10.3. The van der Waals surface area contributed by atoms with Crippen LogP contribution in [0.5, 0.6) is 0 Å². The van der Waals surface area contributed by atoms with E-state index < -0.39 is 0 Å². The van der Waals surface area contributed by atoms with Gasteiger partial charge >= 0.3 is 0 Å². The second-order valence-electron chi connectivity index (χ2n) is 4.64. The quantitative estimate of drug-likeness (QED) is 0.761. The summed E-state index contributed by atoms with van der Waals surface area (Å²) in [6.07, 6.45) is 1.59. The molecule has 0 saturated heterocycles. The molecule has 0 spiro atoms. The lowest BCUT2D eigenvalue weighted by Gasteiger charge is -2.07. The molecule has 0 unspecified atom stereocenters. The maximum Gasteiger partial charge on any atom is 0.277 e. The van der Waals surface area contributed by atoms with Crippen molar-refractivity contribution < 1.29 is 4.79 Å². The van der Waals surface area contributed by atoms with Crippen LogP contribution in [0.25, 0.3) is 10.8 Å². The van der Waals surface area contributed by atoms with Crippen LogP contribution in [0, 0.1) is 0 Å². The number of carbonyl (C=O) groups is 1. The highest BCUT2D eigenvalue weighted by atomic mass is 16.2. The lowest BCUT2D eigenvalue weighted by atomic mass is 10.1.